The van der Waals surface area contributed by atoms with Gasteiger partial charge in [0, 0.05) is 19.4 Å². The average molecular weight is 224 g/mol. The Morgan fingerprint density at radius 1 is 1.54 bits per heavy atom. The van der Waals surface area contributed by atoms with E-state index < -0.39 is 0 Å². The topological polar surface area (TPSA) is 29.9 Å². The highest BCUT2D eigenvalue weighted by atomic mass is 35.5. The Bertz CT molecular complexity index is 243. The molecule has 3 nitrogen and oxygen atoms in total. The molecule has 1 aromatic rings. The van der Waals surface area contributed by atoms with Gasteiger partial charge in [-0.15, -0.1) is 24.8 Å². The van der Waals surface area contributed by atoms with Gasteiger partial charge in [-0.25, -0.2) is 4.98 Å². The van der Waals surface area contributed by atoms with Crippen molar-refractivity contribution in [3.8, 4) is 0 Å². The third kappa shape index (κ3) is 2.59. The van der Waals surface area contributed by atoms with Gasteiger partial charge < -0.3 is 9.88 Å². The minimum atomic E-state index is 0. The number of aromatic nitrogens is 2. The quantitative estimate of drug-likeness (QED) is 0.786. The second kappa shape index (κ2) is 5.47. The van der Waals surface area contributed by atoms with E-state index in [-0.39, 0.29) is 24.8 Å². The minimum absolute atomic E-state index is 0. The van der Waals surface area contributed by atoms with Crippen LogP contribution in [0.2, 0.25) is 0 Å². The van der Waals surface area contributed by atoms with E-state index in [0.29, 0.717) is 6.04 Å². The van der Waals surface area contributed by atoms with Crippen molar-refractivity contribution in [3.05, 3.63) is 18.2 Å². The molecule has 1 saturated heterocycles. The summed E-state index contributed by atoms with van der Waals surface area (Å²) in [6.45, 7) is 1.14. The van der Waals surface area contributed by atoms with Crippen LogP contribution in [0.4, 0.5) is 0 Å². The number of nitrogens with zero attached hydrogens (tertiary/aromatic N) is 2. The van der Waals surface area contributed by atoms with Crippen molar-refractivity contribution in [2.24, 2.45) is 7.05 Å². The molecule has 0 aromatic carbocycles. The van der Waals surface area contributed by atoms with Crippen LogP contribution >= 0.6 is 24.8 Å². The molecule has 0 aliphatic carbocycles. The SMILES string of the molecule is Cl.Cl.Cn1ccnc1C1CCCN1. The lowest BCUT2D eigenvalue weighted by Gasteiger charge is -2.08. The summed E-state index contributed by atoms with van der Waals surface area (Å²) < 4.78 is 2.09. The molecule has 0 spiro atoms. The number of hydrogen-bond acceptors (Lipinski definition) is 2. The summed E-state index contributed by atoms with van der Waals surface area (Å²) in [5, 5.41) is 3.42. The summed E-state index contributed by atoms with van der Waals surface area (Å²) >= 11 is 0. The summed E-state index contributed by atoms with van der Waals surface area (Å²) in [5.74, 6) is 1.17. The second-order valence-corrected chi connectivity index (χ2v) is 3.05. The van der Waals surface area contributed by atoms with E-state index in [1.54, 1.807) is 0 Å². The van der Waals surface area contributed by atoms with Crippen LogP contribution in [0.25, 0.3) is 0 Å². The van der Waals surface area contributed by atoms with Gasteiger partial charge in [-0.05, 0) is 19.4 Å². The summed E-state index contributed by atoms with van der Waals surface area (Å²) in [7, 11) is 2.04. The van der Waals surface area contributed by atoms with E-state index in [9.17, 15) is 0 Å². The first kappa shape index (κ1) is 12.8. The lowest BCUT2D eigenvalue weighted by molar-refractivity contribution is 0.580. The van der Waals surface area contributed by atoms with Gasteiger partial charge in [-0.2, -0.15) is 0 Å². The highest BCUT2D eigenvalue weighted by Crippen LogP contribution is 2.20. The van der Waals surface area contributed by atoms with Crippen molar-refractivity contribution < 1.29 is 0 Å². The van der Waals surface area contributed by atoms with Crippen molar-refractivity contribution in [3.63, 3.8) is 0 Å². The molecule has 1 aromatic heterocycles. The number of hydrogen-bond donors (Lipinski definition) is 1. The molecule has 1 aliphatic rings. The van der Waals surface area contributed by atoms with Crippen LogP contribution in [-0.4, -0.2) is 16.1 Å². The molecule has 76 valence electrons. The van der Waals surface area contributed by atoms with Crippen molar-refractivity contribution >= 4 is 24.8 Å². The Balaban J connectivity index is 0.000000720. The van der Waals surface area contributed by atoms with Crippen LogP contribution in [-0.2, 0) is 7.05 Å². The van der Waals surface area contributed by atoms with E-state index in [0.717, 1.165) is 6.54 Å². The monoisotopic (exact) mass is 223 g/mol. The molecular weight excluding hydrogens is 209 g/mol. The first-order valence-corrected chi connectivity index (χ1v) is 4.08. The van der Waals surface area contributed by atoms with Crippen LogP contribution in [0, 0.1) is 0 Å². The zero-order valence-corrected chi connectivity index (χ0v) is 9.20. The zero-order valence-electron chi connectivity index (χ0n) is 7.56. The number of halogens is 2. The first-order chi connectivity index (χ1) is 5.38. The smallest absolute Gasteiger partial charge is 0.125 e. The third-order valence-corrected chi connectivity index (χ3v) is 2.23. The van der Waals surface area contributed by atoms with Crippen LogP contribution in [0.15, 0.2) is 12.4 Å². The summed E-state index contributed by atoms with van der Waals surface area (Å²) in [5.41, 5.74) is 0. The van der Waals surface area contributed by atoms with Gasteiger partial charge in [0.15, 0.2) is 0 Å². The van der Waals surface area contributed by atoms with Crippen molar-refractivity contribution in [2.75, 3.05) is 6.54 Å². The average Bonchev–Trinajstić information content (AvgIpc) is 2.55. The number of nitrogens with one attached hydrogen (secondary N) is 1. The van der Waals surface area contributed by atoms with Crippen molar-refractivity contribution in [1.29, 1.82) is 0 Å². The van der Waals surface area contributed by atoms with Crippen LogP contribution in [0.3, 0.4) is 0 Å². The highest BCUT2D eigenvalue weighted by molar-refractivity contribution is 5.85. The first-order valence-electron chi connectivity index (χ1n) is 4.08. The van der Waals surface area contributed by atoms with Crippen molar-refractivity contribution in [1.82, 2.24) is 14.9 Å². The molecule has 1 fully saturated rings. The maximum Gasteiger partial charge on any atom is 0.125 e. The largest absolute Gasteiger partial charge is 0.337 e. The standard InChI is InChI=1S/C8H13N3.2ClH/c1-11-6-5-10-8(11)7-3-2-4-9-7;;/h5-7,9H,2-4H2,1H3;2*1H. The van der Waals surface area contributed by atoms with Crippen LogP contribution in [0.5, 0.6) is 0 Å². The Morgan fingerprint density at radius 2 is 2.31 bits per heavy atom. The molecule has 1 aliphatic heterocycles. The Hall–Kier alpha value is -0.250. The Kier molecular flexibility index (Phi) is 5.37. The number of rotatable bonds is 1. The molecule has 2 heterocycles. The van der Waals surface area contributed by atoms with Gasteiger partial charge in [0.1, 0.15) is 5.82 Å². The lowest BCUT2D eigenvalue weighted by Crippen LogP contribution is -2.16. The minimum Gasteiger partial charge on any atom is -0.337 e. The molecule has 1 unspecified atom stereocenters. The molecule has 0 radical (unpaired) electrons. The Labute approximate surface area is 90.7 Å². The normalized spacial score (nSPS) is 20.5. The molecule has 0 bridgehead atoms. The molecule has 1 atom stereocenters. The van der Waals surface area contributed by atoms with Gasteiger partial charge in [0.2, 0.25) is 0 Å². The number of aryl methyl sites for hydroxylation is 1. The van der Waals surface area contributed by atoms with Gasteiger partial charge in [0.05, 0.1) is 6.04 Å². The van der Waals surface area contributed by atoms with Gasteiger partial charge in [-0.3, -0.25) is 0 Å². The van der Waals surface area contributed by atoms with E-state index in [1.165, 1.54) is 18.7 Å². The third-order valence-electron chi connectivity index (χ3n) is 2.23. The van der Waals surface area contributed by atoms with E-state index in [2.05, 4.69) is 14.9 Å². The molecule has 5 heteroatoms. The van der Waals surface area contributed by atoms with Gasteiger partial charge >= 0.3 is 0 Å². The maximum atomic E-state index is 4.30. The molecule has 0 saturated carbocycles. The predicted molar refractivity (Wildman–Crippen MR) is 57.7 cm³/mol. The summed E-state index contributed by atoms with van der Waals surface area (Å²) in [6, 6.07) is 0.495. The maximum absolute atomic E-state index is 4.30. The van der Waals surface area contributed by atoms with E-state index in [1.807, 2.05) is 19.4 Å². The van der Waals surface area contributed by atoms with Gasteiger partial charge in [0.25, 0.3) is 0 Å². The van der Waals surface area contributed by atoms with Gasteiger partial charge in [-0.1, -0.05) is 0 Å². The Morgan fingerprint density at radius 3 is 2.77 bits per heavy atom. The molecule has 1 N–H and O–H groups in total. The summed E-state index contributed by atoms with van der Waals surface area (Å²) in [6.07, 6.45) is 6.35. The van der Waals surface area contributed by atoms with Crippen LogP contribution < -0.4 is 5.32 Å². The van der Waals surface area contributed by atoms with Crippen molar-refractivity contribution in [2.45, 2.75) is 18.9 Å². The second-order valence-electron chi connectivity index (χ2n) is 3.05. The molecule has 0 amide bonds. The molecular formula is C8H15Cl2N3. The fourth-order valence-corrected chi connectivity index (χ4v) is 1.62. The fourth-order valence-electron chi connectivity index (χ4n) is 1.62. The number of imidazole rings is 1. The lowest BCUT2D eigenvalue weighted by atomic mass is 10.2. The summed E-state index contributed by atoms with van der Waals surface area (Å²) in [4.78, 5) is 4.30. The highest BCUT2D eigenvalue weighted by Gasteiger charge is 2.18. The molecule has 2 rings (SSSR count). The molecule has 13 heavy (non-hydrogen) atoms. The van der Waals surface area contributed by atoms with E-state index in [4.69, 9.17) is 0 Å². The zero-order chi connectivity index (χ0) is 7.68. The van der Waals surface area contributed by atoms with E-state index >= 15 is 0 Å². The van der Waals surface area contributed by atoms with Crippen LogP contribution in [0.1, 0.15) is 24.7 Å². The predicted octanol–water partition coefficient (Wildman–Crippen LogP) is 1.69. The fraction of sp³-hybridized carbons (Fsp3) is 0.625.